The number of nitrogens with zero attached hydrogens (tertiary/aromatic N) is 2. The second-order valence-corrected chi connectivity index (χ2v) is 12.1. The van der Waals surface area contributed by atoms with Crippen molar-refractivity contribution >= 4 is 28.8 Å². The zero-order valence-electron chi connectivity index (χ0n) is 25.6. The Kier molecular flexibility index (Phi) is 6.40. The second kappa shape index (κ2) is 10.6. The maximum Gasteiger partial charge on any atom is 0.228 e. The normalized spacial score (nSPS) is 16.3. The summed E-state index contributed by atoms with van der Waals surface area (Å²) in [5.74, 6) is -0.0746. The van der Waals surface area contributed by atoms with Gasteiger partial charge in [0.2, 0.25) is 5.78 Å². The van der Waals surface area contributed by atoms with Gasteiger partial charge in [-0.15, -0.1) is 0 Å². The Morgan fingerprint density at radius 1 is 0.609 bits per heavy atom. The van der Waals surface area contributed by atoms with Gasteiger partial charge >= 0.3 is 0 Å². The predicted molar refractivity (Wildman–Crippen MR) is 185 cm³/mol. The van der Waals surface area contributed by atoms with Crippen molar-refractivity contribution in [2.45, 2.75) is 19.4 Å². The van der Waals surface area contributed by atoms with E-state index in [4.69, 9.17) is 4.99 Å². The molecule has 8 rings (SSSR count). The van der Waals surface area contributed by atoms with Gasteiger partial charge in [-0.2, -0.15) is 0 Å². The first-order valence-corrected chi connectivity index (χ1v) is 15.5. The molecule has 4 nitrogen and oxygen atoms in total. The summed E-state index contributed by atoms with van der Waals surface area (Å²) in [7, 11) is 0. The standard InChI is InChI=1S/C42H30N2O2/c1-27-14-24-38-35(25-27)40(46)42(34-21-19-32(20-22-34)30-11-7-4-8-12-30)36-26-28(2)13-23-37(36)43-41(44(38)42)39(45)33-17-15-31(16-18-33)29-9-5-3-6-10-29/h3-26H,1-2H3. The highest BCUT2D eigenvalue weighted by molar-refractivity contribution is 6.52. The van der Waals surface area contributed by atoms with Crippen LogP contribution in [0.3, 0.4) is 0 Å². The fraction of sp³-hybridized carbons (Fsp3) is 0.0714. The summed E-state index contributed by atoms with van der Waals surface area (Å²) in [6.45, 7) is 4.00. The Morgan fingerprint density at radius 2 is 1.15 bits per heavy atom. The number of ketones is 2. The predicted octanol–water partition coefficient (Wildman–Crippen LogP) is 9.51. The number of Topliss-reactive ketones (excluding diaryl/α,β-unsaturated/α-hetero) is 2. The van der Waals surface area contributed by atoms with E-state index in [1.54, 1.807) is 0 Å². The quantitative estimate of drug-likeness (QED) is 0.187. The van der Waals surface area contributed by atoms with E-state index in [2.05, 4.69) is 24.3 Å². The lowest BCUT2D eigenvalue weighted by atomic mass is 9.75. The van der Waals surface area contributed by atoms with Crippen LogP contribution in [-0.4, -0.2) is 17.4 Å². The van der Waals surface area contributed by atoms with E-state index in [0.717, 1.165) is 44.5 Å². The molecule has 0 aliphatic carbocycles. The Bertz CT molecular complexity index is 2180. The van der Waals surface area contributed by atoms with E-state index in [1.807, 2.05) is 140 Å². The molecule has 0 aromatic heterocycles. The number of carbonyl (C=O) groups excluding carboxylic acids is 2. The van der Waals surface area contributed by atoms with Crippen molar-refractivity contribution in [3.05, 3.63) is 179 Å². The molecule has 0 N–H and O–H groups in total. The van der Waals surface area contributed by atoms with Crippen molar-refractivity contribution in [1.82, 2.24) is 0 Å². The smallest absolute Gasteiger partial charge is 0.228 e. The number of carbonyl (C=O) groups is 2. The van der Waals surface area contributed by atoms with Crippen molar-refractivity contribution < 1.29 is 9.59 Å². The minimum Gasteiger partial charge on any atom is -0.300 e. The van der Waals surface area contributed by atoms with E-state index in [-0.39, 0.29) is 17.4 Å². The molecule has 46 heavy (non-hydrogen) atoms. The average molecular weight is 595 g/mol. The highest BCUT2D eigenvalue weighted by Crippen LogP contribution is 2.54. The summed E-state index contributed by atoms with van der Waals surface area (Å²) >= 11 is 0. The van der Waals surface area contributed by atoms with Crippen LogP contribution >= 0.6 is 0 Å². The SMILES string of the molecule is Cc1ccc2c(c1)C(=O)C1(c3ccc(-c4ccccc4)cc3)c3cc(C)ccc3N=C(C(=O)c3ccc(-c4ccccc4)cc3)N21. The second-order valence-electron chi connectivity index (χ2n) is 12.1. The molecule has 0 saturated carbocycles. The highest BCUT2D eigenvalue weighted by Gasteiger charge is 2.59. The van der Waals surface area contributed by atoms with Crippen molar-refractivity contribution in [3.63, 3.8) is 0 Å². The number of hydrogen-bond donors (Lipinski definition) is 0. The lowest BCUT2D eigenvalue weighted by Gasteiger charge is -2.43. The van der Waals surface area contributed by atoms with Gasteiger partial charge in [0.25, 0.3) is 0 Å². The topological polar surface area (TPSA) is 49.7 Å². The highest BCUT2D eigenvalue weighted by atomic mass is 16.1. The Hall–Kier alpha value is -5.87. The van der Waals surface area contributed by atoms with Crippen LogP contribution in [0.1, 0.15) is 43.0 Å². The maximum atomic E-state index is 15.0. The zero-order valence-corrected chi connectivity index (χ0v) is 25.6. The third-order valence-electron chi connectivity index (χ3n) is 9.15. The van der Waals surface area contributed by atoms with Crippen LogP contribution in [0, 0.1) is 13.8 Å². The number of hydrogen-bond acceptors (Lipinski definition) is 4. The summed E-state index contributed by atoms with van der Waals surface area (Å²) in [5.41, 5.74) is 8.90. The molecule has 2 heterocycles. The van der Waals surface area contributed by atoms with Gasteiger partial charge < -0.3 is 4.90 Å². The molecule has 0 saturated heterocycles. The van der Waals surface area contributed by atoms with Gasteiger partial charge in [-0.05, 0) is 59.9 Å². The zero-order chi connectivity index (χ0) is 31.4. The van der Waals surface area contributed by atoms with Gasteiger partial charge in [0, 0.05) is 16.7 Å². The Balaban J connectivity index is 1.33. The number of aliphatic imine (C=N–C) groups is 1. The number of rotatable bonds is 5. The van der Waals surface area contributed by atoms with Crippen molar-refractivity contribution in [2.75, 3.05) is 4.90 Å². The molecule has 4 heteroatoms. The van der Waals surface area contributed by atoms with Gasteiger partial charge in [-0.1, -0.05) is 139 Å². The summed E-state index contributed by atoms with van der Waals surface area (Å²) in [4.78, 5) is 36.5. The fourth-order valence-electron chi connectivity index (χ4n) is 6.90. The first kappa shape index (κ1) is 27.7. The van der Waals surface area contributed by atoms with Gasteiger partial charge in [-0.3, -0.25) is 9.59 Å². The van der Waals surface area contributed by atoms with Gasteiger partial charge in [0.05, 0.1) is 11.4 Å². The Labute approximate surface area is 268 Å². The van der Waals surface area contributed by atoms with Crippen LogP contribution in [0.15, 0.2) is 151 Å². The van der Waals surface area contributed by atoms with E-state index in [9.17, 15) is 4.79 Å². The monoisotopic (exact) mass is 594 g/mol. The summed E-state index contributed by atoms with van der Waals surface area (Å²) in [5, 5.41) is 0. The van der Waals surface area contributed by atoms with E-state index in [0.29, 0.717) is 22.5 Å². The largest absolute Gasteiger partial charge is 0.300 e. The third-order valence-corrected chi connectivity index (χ3v) is 9.15. The average Bonchev–Trinajstić information content (AvgIpc) is 3.37. The first-order valence-electron chi connectivity index (χ1n) is 15.5. The van der Waals surface area contributed by atoms with Crippen molar-refractivity contribution in [1.29, 1.82) is 0 Å². The minimum absolute atomic E-state index is 0.0647. The number of anilines is 1. The third kappa shape index (κ3) is 4.18. The van der Waals surface area contributed by atoms with Crippen molar-refractivity contribution in [3.8, 4) is 22.3 Å². The first-order chi connectivity index (χ1) is 22.4. The Morgan fingerprint density at radius 3 is 1.78 bits per heavy atom. The van der Waals surface area contributed by atoms with Crippen LogP contribution in [0.25, 0.3) is 22.3 Å². The molecule has 2 aliphatic rings. The molecule has 6 aromatic rings. The molecule has 2 aliphatic heterocycles. The summed E-state index contributed by atoms with van der Waals surface area (Å²) < 4.78 is 0. The molecule has 0 amide bonds. The number of aryl methyl sites for hydroxylation is 2. The lowest BCUT2D eigenvalue weighted by molar-refractivity contribution is 0.0931. The van der Waals surface area contributed by atoms with Crippen LogP contribution in [0.5, 0.6) is 0 Å². The molecule has 0 fully saturated rings. The van der Waals surface area contributed by atoms with E-state index in [1.165, 1.54) is 0 Å². The van der Waals surface area contributed by atoms with Crippen molar-refractivity contribution in [2.24, 2.45) is 4.99 Å². The molecule has 0 radical (unpaired) electrons. The molecule has 220 valence electrons. The van der Waals surface area contributed by atoms with Gasteiger partial charge in [0.15, 0.2) is 17.2 Å². The minimum atomic E-state index is -1.30. The summed E-state index contributed by atoms with van der Waals surface area (Å²) in [6, 6.07) is 47.9. The molecule has 0 bridgehead atoms. The van der Waals surface area contributed by atoms with Crippen LogP contribution in [0.4, 0.5) is 11.4 Å². The summed E-state index contributed by atoms with van der Waals surface area (Å²) in [6.07, 6.45) is 0. The van der Waals surface area contributed by atoms with Gasteiger partial charge in [-0.25, -0.2) is 4.99 Å². The molecule has 1 unspecified atom stereocenters. The fourth-order valence-corrected chi connectivity index (χ4v) is 6.90. The number of fused-ring (bicyclic) bond motifs is 5. The van der Waals surface area contributed by atoms with Crippen LogP contribution in [-0.2, 0) is 5.54 Å². The molecular weight excluding hydrogens is 564 g/mol. The maximum absolute atomic E-state index is 15.0. The molecule has 6 aromatic carbocycles. The van der Waals surface area contributed by atoms with Crippen LogP contribution in [0.2, 0.25) is 0 Å². The number of amidine groups is 1. The molecule has 1 atom stereocenters. The molecule has 0 spiro atoms. The van der Waals surface area contributed by atoms with Crippen LogP contribution < -0.4 is 4.90 Å². The lowest BCUT2D eigenvalue weighted by Crippen LogP contribution is -2.55. The van der Waals surface area contributed by atoms with E-state index < -0.39 is 5.54 Å². The van der Waals surface area contributed by atoms with Gasteiger partial charge in [0.1, 0.15) is 0 Å². The van der Waals surface area contributed by atoms with E-state index >= 15 is 4.79 Å². The molecular formula is C42H30N2O2. The number of benzene rings is 6.